The van der Waals surface area contributed by atoms with Gasteiger partial charge in [0.05, 0.1) is 11.0 Å². The molecule has 306 valence electrons. The van der Waals surface area contributed by atoms with Crippen molar-refractivity contribution in [3.63, 3.8) is 0 Å². The van der Waals surface area contributed by atoms with Gasteiger partial charge < -0.3 is 4.57 Å². The maximum absolute atomic E-state index is 2.37. The van der Waals surface area contributed by atoms with Gasteiger partial charge in [0.15, 0.2) is 0 Å². The van der Waals surface area contributed by atoms with E-state index >= 15 is 0 Å². The average molecular weight is 828 g/mol. The fourth-order valence-corrected chi connectivity index (χ4v) is 10.1. The van der Waals surface area contributed by atoms with Gasteiger partial charge in [-0.3, -0.25) is 0 Å². The summed E-state index contributed by atoms with van der Waals surface area (Å²) < 4.78 is 2.37. The summed E-state index contributed by atoms with van der Waals surface area (Å²) in [7, 11) is 0. The molecule has 0 amide bonds. The summed E-state index contributed by atoms with van der Waals surface area (Å²) in [5.74, 6) is 0. The van der Waals surface area contributed by atoms with E-state index in [1.165, 1.54) is 127 Å². The number of nitrogens with zero attached hydrogens (tertiary/aromatic N) is 1. The Morgan fingerprint density at radius 1 is 0.231 bits per heavy atom. The lowest BCUT2D eigenvalue weighted by Gasteiger charge is -2.19. The Bertz CT molecular complexity index is 3710. The van der Waals surface area contributed by atoms with Crippen molar-refractivity contribution < 1.29 is 0 Å². The minimum atomic E-state index is 1.17. The summed E-state index contributed by atoms with van der Waals surface area (Å²) in [6, 6.07) is 87.1. The summed E-state index contributed by atoms with van der Waals surface area (Å²) in [6.45, 7) is 4.40. The minimum Gasteiger partial charge on any atom is -0.309 e. The molecule has 12 rings (SSSR count). The third-order valence-corrected chi connectivity index (χ3v) is 13.3. The van der Waals surface area contributed by atoms with E-state index in [1.807, 2.05) is 0 Å². The van der Waals surface area contributed by atoms with Gasteiger partial charge in [-0.2, -0.15) is 0 Å². The molecule has 0 radical (unpaired) electrons. The van der Waals surface area contributed by atoms with Crippen LogP contribution >= 0.6 is 0 Å². The zero-order valence-electron chi connectivity index (χ0n) is 36.5. The van der Waals surface area contributed by atoms with Crippen molar-refractivity contribution in [3.8, 4) is 72.4 Å². The van der Waals surface area contributed by atoms with Crippen LogP contribution in [0.2, 0.25) is 0 Å². The lowest BCUT2D eigenvalue weighted by Crippen LogP contribution is -1.93. The van der Waals surface area contributed by atoms with Gasteiger partial charge in [-0.05, 0) is 132 Å². The monoisotopic (exact) mass is 827 g/mol. The molecule has 1 heterocycles. The van der Waals surface area contributed by atoms with Crippen LogP contribution in [0, 0.1) is 13.8 Å². The predicted molar refractivity (Wildman–Crippen MR) is 278 cm³/mol. The average Bonchev–Trinajstić information content (AvgIpc) is 3.70. The maximum atomic E-state index is 2.37. The van der Waals surface area contributed by atoms with Crippen LogP contribution in [0.3, 0.4) is 0 Å². The molecule has 0 saturated heterocycles. The molecule has 0 spiro atoms. The van der Waals surface area contributed by atoms with E-state index in [0.717, 1.165) is 0 Å². The van der Waals surface area contributed by atoms with Crippen molar-refractivity contribution in [3.05, 3.63) is 248 Å². The Balaban J connectivity index is 0.881. The van der Waals surface area contributed by atoms with Gasteiger partial charge in [-0.1, -0.05) is 217 Å². The Labute approximate surface area is 380 Å². The molecule has 0 atom stereocenters. The van der Waals surface area contributed by atoms with Gasteiger partial charge in [-0.25, -0.2) is 0 Å². The van der Waals surface area contributed by atoms with Gasteiger partial charge in [0, 0.05) is 16.5 Å². The van der Waals surface area contributed by atoms with E-state index < -0.39 is 0 Å². The zero-order valence-corrected chi connectivity index (χ0v) is 36.5. The fourth-order valence-electron chi connectivity index (χ4n) is 10.1. The third-order valence-electron chi connectivity index (χ3n) is 13.3. The molecule has 0 N–H and O–H groups in total. The number of fused-ring (bicyclic) bond motifs is 5. The van der Waals surface area contributed by atoms with Crippen LogP contribution in [0.4, 0.5) is 0 Å². The number of aryl methyl sites for hydroxylation is 2. The molecule has 1 heteroatoms. The molecule has 1 aromatic heterocycles. The van der Waals surface area contributed by atoms with Crippen LogP contribution in [0.25, 0.3) is 116 Å². The molecular weight excluding hydrogens is 783 g/mol. The van der Waals surface area contributed by atoms with Crippen molar-refractivity contribution in [2.45, 2.75) is 13.8 Å². The Kier molecular flexibility index (Phi) is 9.35. The van der Waals surface area contributed by atoms with Crippen molar-refractivity contribution in [2.24, 2.45) is 0 Å². The van der Waals surface area contributed by atoms with E-state index in [-0.39, 0.29) is 0 Å². The molecule has 0 fully saturated rings. The van der Waals surface area contributed by atoms with E-state index in [2.05, 4.69) is 255 Å². The Hall–Kier alpha value is -8.26. The number of para-hydroxylation sites is 2. The molecule has 0 aliphatic heterocycles. The van der Waals surface area contributed by atoms with E-state index in [4.69, 9.17) is 0 Å². The summed E-state index contributed by atoms with van der Waals surface area (Å²) in [6.07, 6.45) is 0. The van der Waals surface area contributed by atoms with Crippen LogP contribution in [0.15, 0.2) is 237 Å². The Morgan fingerprint density at radius 3 is 1.09 bits per heavy atom. The SMILES string of the molecule is Cc1ccc2c(-c3ccc(-c4ccc(-c5ccc6c(c5)c5ccccc5n6-c5ccccc5)cc4)cc3)c3cc(C)ccc3c(-c3ccc(-c4ccc(-c5ccccc5)cc4)cc3)c2c1. The van der Waals surface area contributed by atoms with E-state index in [1.54, 1.807) is 0 Å². The molecule has 0 aliphatic rings. The van der Waals surface area contributed by atoms with Crippen molar-refractivity contribution in [1.29, 1.82) is 0 Å². The predicted octanol–water partition coefficient (Wildman–Crippen LogP) is 17.7. The van der Waals surface area contributed by atoms with Gasteiger partial charge in [0.25, 0.3) is 0 Å². The molecule has 1 nitrogen and oxygen atoms in total. The smallest absolute Gasteiger partial charge is 0.0541 e. The maximum Gasteiger partial charge on any atom is 0.0541 e. The molecular formula is C64H45N. The molecule has 65 heavy (non-hydrogen) atoms. The molecule has 0 bridgehead atoms. The standard InChI is InChI=1S/C64H45N/c1-42-18-37-57-59(39-42)63(51-31-27-48(28-32-51)46-21-19-45(20-22-46)44-11-5-3-6-12-44)56-36-17-43(2)40-60(56)64(57)52-33-29-49(30-34-52)47-23-25-50(26-24-47)53-35-38-62-58(41-53)55-15-9-10-16-61(55)65(62)54-13-7-4-8-14-54/h3-41H,1-2H3. The second-order valence-electron chi connectivity index (χ2n) is 17.4. The molecule has 12 aromatic rings. The second-order valence-corrected chi connectivity index (χ2v) is 17.4. The highest BCUT2D eigenvalue weighted by molar-refractivity contribution is 6.21. The topological polar surface area (TPSA) is 4.93 Å². The second kappa shape index (κ2) is 15.8. The van der Waals surface area contributed by atoms with Crippen molar-refractivity contribution in [2.75, 3.05) is 0 Å². The molecule has 0 saturated carbocycles. The zero-order chi connectivity index (χ0) is 43.4. The van der Waals surface area contributed by atoms with Crippen LogP contribution < -0.4 is 0 Å². The molecule has 11 aromatic carbocycles. The molecule has 0 unspecified atom stereocenters. The normalized spacial score (nSPS) is 11.5. The lowest BCUT2D eigenvalue weighted by atomic mass is 9.84. The fraction of sp³-hybridized carbons (Fsp3) is 0.0312. The lowest BCUT2D eigenvalue weighted by molar-refractivity contribution is 1.18. The van der Waals surface area contributed by atoms with E-state index in [9.17, 15) is 0 Å². The van der Waals surface area contributed by atoms with Gasteiger partial charge >= 0.3 is 0 Å². The molecule has 0 aliphatic carbocycles. The Morgan fingerprint density at radius 2 is 0.600 bits per heavy atom. The number of rotatable bonds is 7. The first-order valence-electron chi connectivity index (χ1n) is 22.6. The van der Waals surface area contributed by atoms with Gasteiger partial charge in [0.2, 0.25) is 0 Å². The summed E-state index contributed by atoms with van der Waals surface area (Å²) in [5, 5.41) is 7.62. The van der Waals surface area contributed by atoms with E-state index in [0.29, 0.717) is 0 Å². The number of aromatic nitrogens is 1. The highest BCUT2D eigenvalue weighted by Crippen LogP contribution is 2.45. The third kappa shape index (κ3) is 6.81. The van der Waals surface area contributed by atoms with Crippen LogP contribution in [0.1, 0.15) is 11.1 Å². The number of hydrogen-bond acceptors (Lipinski definition) is 0. The van der Waals surface area contributed by atoms with Gasteiger partial charge in [-0.15, -0.1) is 0 Å². The number of benzene rings is 11. The highest BCUT2D eigenvalue weighted by Gasteiger charge is 2.18. The quantitative estimate of drug-likeness (QED) is 0.141. The summed E-state index contributed by atoms with van der Waals surface area (Å²) in [4.78, 5) is 0. The summed E-state index contributed by atoms with van der Waals surface area (Å²) >= 11 is 0. The highest BCUT2D eigenvalue weighted by atomic mass is 15.0. The largest absolute Gasteiger partial charge is 0.309 e. The number of hydrogen-bond donors (Lipinski definition) is 0. The first kappa shape index (κ1) is 38.4. The van der Waals surface area contributed by atoms with Crippen molar-refractivity contribution in [1.82, 2.24) is 4.57 Å². The minimum absolute atomic E-state index is 1.17. The first-order valence-corrected chi connectivity index (χ1v) is 22.6. The van der Waals surface area contributed by atoms with Crippen LogP contribution in [-0.2, 0) is 0 Å². The van der Waals surface area contributed by atoms with Gasteiger partial charge in [0.1, 0.15) is 0 Å². The summed E-state index contributed by atoms with van der Waals surface area (Å²) in [5.41, 5.74) is 20.9. The van der Waals surface area contributed by atoms with Crippen LogP contribution in [-0.4, -0.2) is 4.57 Å². The first-order chi connectivity index (χ1) is 32.0. The van der Waals surface area contributed by atoms with Crippen molar-refractivity contribution >= 4 is 43.4 Å². The van der Waals surface area contributed by atoms with Crippen LogP contribution in [0.5, 0.6) is 0 Å².